The lowest BCUT2D eigenvalue weighted by atomic mass is 9.95. The summed E-state index contributed by atoms with van der Waals surface area (Å²) in [4.78, 5) is 10.9. The van der Waals surface area contributed by atoms with Crippen LogP contribution in [0, 0.1) is 5.41 Å². The van der Waals surface area contributed by atoms with E-state index in [1.165, 1.54) is 17.3 Å². The number of thioether (sulfide) groups is 1. The lowest BCUT2D eigenvalue weighted by molar-refractivity contribution is -0.226. The predicted molar refractivity (Wildman–Crippen MR) is 86.3 cm³/mol. The zero-order valence-corrected chi connectivity index (χ0v) is 13.9. The van der Waals surface area contributed by atoms with E-state index in [9.17, 15) is 4.79 Å². The average molecular weight is 308 g/mol. The van der Waals surface area contributed by atoms with E-state index in [1.54, 1.807) is 6.92 Å². The van der Waals surface area contributed by atoms with Gasteiger partial charge in [0.1, 0.15) is 0 Å². The highest BCUT2D eigenvalue weighted by Gasteiger charge is 2.28. The molecular formula is C17H24O3S. The summed E-state index contributed by atoms with van der Waals surface area (Å²) in [5, 5.41) is 0.194. The van der Waals surface area contributed by atoms with E-state index in [0.29, 0.717) is 0 Å². The average Bonchev–Trinajstić information content (AvgIpc) is 2.44. The van der Waals surface area contributed by atoms with Crippen LogP contribution < -0.4 is 0 Å². The van der Waals surface area contributed by atoms with Crippen LogP contribution in [-0.2, 0) is 20.7 Å². The third-order valence-corrected chi connectivity index (χ3v) is 4.32. The van der Waals surface area contributed by atoms with E-state index < -0.39 is 0 Å². The monoisotopic (exact) mass is 308 g/mol. The number of carbonyl (C=O) groups excluding carboxylic acids is 1. The summed E-state index contributed by atoms with van der Waals surface area (Å²) < 4.78 is 11.6. The number of benzene rings is 1. The van der Waals surface area contributed by atoms with Gasteiger partial charge in [-0.1, -0.05) is 49.9 Å². The van der Waals surface area contributed by atoms with Crippen molar-refractivity contribution in [3.63, 3.8) is 0 Å². The van der Waals surface area contributed by atoms with Gasteiger partial charge in [-0.15, -0.1) is 0 Å². The van der Waals surface area contributed by atoms with Crippen molar-refractivity contribution in [1.29, 1.82) is 0 Å². The molecule has 1 heterocycles. The van der Waals surface area contributed by atoms with Crippen molar-refractivity contribution in [3.8, 4) is 0 Å². The molecule has 0 amide bonds. The molecule has 0 bridgehead atoms. The fourth-order valence-electron chi connectivity index (χ4n) is 2.22. The number of ether oxygens (including phenoxy) is 2. The molecular weight excluding hydrogens is 284 g/mol. The summed E-state index contributed by atoms with van der Waals surface area (Å²) in [5.74, 6) is 0.890. The molecule has 21 heavy (non-hydrogen) atoms. The first kappa shape index (κ1) is 16.5. The van der Waals surface area contributed by atoms with Crippen molar-refractivity contribution >= 4 is 16.9 Å². The van der Waals surface area contributed by atoms with Gasteiger partial charge in [-0.25, -0.2) is 0 Å². The molecule has 3 nitrogen and oxygen atoms in total. The number of hydrogen-bond donors (Lipinski definition) is 0. The molecule has 1 aromatic rings. The van der Waals surface area contributed by atoms with Crippen molar-refractivity contribution in [2.75, 3.05) is 19.0 Å². The first-order valence-corrected chi connectivity index (χ1v) is 8.40. The summed E-state index contributed by atoms with van der Waals surface area (Å²) in [6, 6.07) is 8.41. The van der Waals surface area contributed by atoms with Crippen LogP contribution in [0.3, 0.4) is 0 Å². The maximum atomic E-state index is 10.9. The molecule has 0 radical (unpaired) electrons. The third-order valence-electron chi connectivity index (χ3n) is 3.42. The second kappa shape index (κ2) is 7.43. The van der Waals surface area contributed by atoms with Crippen LogP contribution in [0.4, 0.5) is 0 Å². The molecule has 0 aliphatic carbocycles. The topological polar surface area (TPSA) is 35.5 Å². The van der Waals surface area contributed by atoms with Gasteiger partial charge in [0, 0.05) is 23.7 Å². The van der Waals surface area contributed by atoms with E-state index in [1.807, 2.05) is 0 Å². The zero-order chi connectivity index (χ0) is 15.3. The fraction of sp³-hybridized carbons (Fsp3) is 0.588. The molecule has 1 saturated heterocycles. The highest BCUT2D eigenvalue weighted by atomic mass is 32.2. The van der Waals surface area contributed by atoms with Gasteiger partial charge in [-0.05, 0) is 18.4 Å². The SMILES string of the molecule is CC(=O)SCCCc1ccc(C2OCC(C)(C)CO2)cc1. The van der Waals surface area contributed by atoms with Gasteiger partial charge in [0.15, 0.2) is 11.4 Å². The van der Waals surface area contributed by atoms with E-state index in [2.05, 4.69) is 38.1 Å². The van der Waals surface area contributed by atoms with Crippen LogP contribution in [0.15, 0.2) is 24.3 Å². The summed E-state index contributed by atoms with van der Waals surface area (Å²) in [6.07, 6.45) is 1.79. The van der Waals surface area contributed by atoms with E-state index in [0.717, 1.165) is 37.4 Å². The van der Waals surface area contributed by atoms with Gasteiger partial charge >= 0.3 is 0 Å². The number of rotatable bonds is 5. The Balaban J connectivity index is 1.80. The zero-order valence-electron chi connectivity index (χ0n) is 13.1. The lowest BCUT2D eigenvalue weighted by Gasteiger charge is -2.34. The van der Waals surface area contributed by atoms with Crippen molar-refractivity contribution in [2.45, 2.75) is 39.9 Å². The number of carbonyl (C=O) groups is 1. The first-order valence-electron chi connectivity index (χ1n) is 7.42. The maximum absolute atomic E-state index is 10.9. The Morgan fingerprint density at radius 2 is 1.86 bits per heavy atom. The van der Waals surface area contributed by atoms with Crippen LogP contribution >= 0.6 is 11.8 Å². The summed E-state index contributed by atoms with van der Waals surface area (Å²) in [6.45, 7) is 7.35. The molecule has 0 unspecified atom stereocenters. The Hall–Kier alpha value is -0.840. The number of aryl methyl sites for hydroxylation is 1. The van der Waals surface area contributed by atoms with Crippen molar-refractivity contribution in [3.05, 3.63) is 35.4 Å². The third kappa shape index (κ3) is 5.46. The quantitative estimate of drug-likeness (QED) is 0.771. The van der Waals surface area contributed by atoms with Gasteiger partial charge < -0.3 is 9.47 Å². The Labute approximate surface area is 131 Å². The van der Waals surface area contributed by atoms with Crippen LogP contribution in [0.5, 0.6) is 0 Å². The number of hydrogen-bond acceptors (Lipinski definition) is 4. The second-order valence-electron chi connectivity index (χ2n) is 6.30. The first-order chi connectivity index (χ1) is 9.96. The van der Waals surface area contributed by atoms with Gasteiger partial charge in [0.25, 0.3) is 0 Å². The lowest BCUT2D eigenvalue weighted by Crippen LogP contribution is -2.33. The summed E-state index contributed by atoms with van der Waals surface area (Å²) in [5.41, 5.74) is 2.47. The Morgan fingerprint density at radius 1 is 1.24 bits per heavy atom. The van der Waals surface area contributed by atoms with E-state index >= 15 is 0 Å². The largest absolute Gasteiger partial charge is 0.348 e. The smallest absolute Gasteiger partial charge is 0.185 e. The molecule has 0 spiro atoms. The predicted octanol–water partition coefficient (Wildman–Crippen LogP) is 3.97. The van der Waals surface area contributed by atoms with Gasteiger partial charge in [-0.3, -0.25) is 4.79 Å². The summed E-state index contributed by atoms with van der Waals surface area (Å²) in [7, 11) is 0. The molecule has 0 saturated carbocycles. The van der Waals surface area contributed by atoms with Crippen molar-refractivity contribution in [2.24, 2.45) is 5.41 Å². The molecule has 0 atom stereocenters. The minimum absolute atomic E-state index is 0.102. The van der Waals surface area contributed by atoms with Crippen molar-refractivity contribution < 1.29 is 14.3 Å². The normalized spacial score (nSPS) is 18.6. The minimum Gasteiger partial charge on any atom is -0.348 e. The molecule has 4 heteroatoms. The van der Waals surface area contributed by atoms with E-state index in [4.69, 9.17) is 9.47 Å². The van der Waals surface area contributed by atoms with E-state index in [-0.39, 0.29) is 16.8 Å². The molecule has 0 aromatic heterocycles. The minimum atomic E-state index is -0.236. The highest BCUT2D eigenvalue weighted by molar-refractivity contribution is 8.13. The van der Waals surface area contributed by atoms with Gasteiger partial charge in [-0.2, -0.15) is 0 Å². The highest BCUT2D eigenvalue weighted by Crippen LogP contribution is 2.31. The maximum Gasteiger partial charge on any atom is 0.185 e. The standard InChI is InChI=1S/C17H24O3S/c1-13(18)21-10-4-5-14-6-8-15(9-7-14)16-19-11-17(2,3)12-20-16/h6-9,16H,4-5,10-12H2,1-3H3. The molecule has 1 aromatic carbocycles. The second-order valence-corrected chi connectivity index (χ2v) is 7.58. The Bertz CT molecular complexity index is 457. The molecule has 0 N–H and O–H groups in total. The Kier molecular flexibility index (Phi) is 5.85. The summed E-state index contributed by atoms with van der Waals surface area (Å²) >= 11 is 1.40. The van der Waals surface area contributed by atoms with Crippen LogP contribution in [0.2, 0.25) is 0 Å². The van der Waals surface area contributed by atoms with Crippen LogP contribution in [-0.4, -0.2) is 24.1 Å². The van der Waals surface area contributed by atoms with Crippen molar-refractivity contribution in [1.82, 2.24) is 0 Å². The van der Waals surface area contributed by atoms with Crippen LogP contribution in [0.25, 0.3) is 0 Å². The molecule has 2 rings (SSSR count). The molecule has 1 aliphatic heterocycles. The van der Waals surface area contributed by atoms with Gasteiger partial charge in [0.2, 0.25) is 0 Å². The fourth-order valence-corrected chi connectivity index (χ4v) is 2.79. The Morgan fingerprint density at radius 3 is 2.43 bits per heavy atom. The molecule has 116 valence electrons. The van der Waals surface area contributed by atoms with Crippen LogP contribution in [0.1, 0.15) is 44.6 Å². The molecule has 1 fully saturated rings. The van der Waals surface area contributed by atoms with Gasteiger partial charge in [0.05, 0.1) is 13.2 Å². The molecule has 1 aliphatic rings.